The Balaban J connectivity index is 2.47. The standard InChI is InChI=1S/C8H15ClO3/c1-3-8(6-10-2)11-5-7(4-9)12-8/h7H,3-6H2,1-2H3. The van der Waals surface area contributed by atoms with Crippen LogP contribution in [0.25, 0.3) is 0 Å². The molecule has 0 aromatic heterocycles. The van der Waals surface area contributed by atoms with Crippen LogP contribution in [0.15, 0.2) is 0 Å². The maximum atomic E-state index is 5.65. The molecule has 4 heteroatoms. The van der Waals surface area contributed by atoms with Crippen molar-refractivity contribution in [1.29, 1.82) is 0 Å². The summed E-state index contributed by atoms with van der Waals surface area (Å²) in [6.07, 6.45) is 0.801. The minimum atomic E-state index is -0.547. The molecule has 0 spiro atoms. The molecule has 0 aromatic rings. The van der Waals surface area contributed by atoms with E-state index in [1.807, 2.05) is 6.92 Å². The highest BCUT2D eigenvalue weighted by molar-refractivity contribution is 6.18. The number of hydrogen-bond donors (Lipinski definition) is 0. The van der Waals surface area contributed by atoms with E-state index in [1.165, 1.54) is 0 Å². The number of ether oxygens (including phenoxy) is 3. The van der Waals surface area contributed by atoms with Gasteiger partial charge in [0.2, 0.25) is 0 Å². The number of halogens is 1. The van der Waals surface area contributed by atoms with Crippen molar-refractivity contribution in [2.75, 3.05) is 26.2 Å². The van der Waals surface area contributed by atoms with Crippen LogP contribution in [-0.2, 0) is 14.2 Å². The van der Waals surface area contributed by atoms with Gasteiger partial charge in [0.1, 0.15) is 6.61 Å². The third-order valence-corrected chi connectivity index (χ3v) is 2.33. The van der Waals surface area contributed by atoms with Crippen LogP contribution in [-0.4, -0.2) is 38.1 Å². The Kier molecular flexibility index (Phi) is 3.77. The number of hydrogen-bond acceptors (Lipinski definition) is 3. The van der Waals surface area contributed by atoms with E-state index in [1.54, 1.807) is 7.11 Å². The maximum Gasteiger partial charge on any atom is 0.192 e. The van der Waals surface area contributed by atoms with E-state index in [9.17, 15) is 0 Å². The molecule has 0 N–H and O–H groups in total. The van der Waals surface area contributed by atoms with Crippen LogP contribution in [0, 0.1) is 0 Å². The minimum absolute atomic E-state index is 0.0155. The third kappa shape index (κ3) is 2.10. The van der Waals surface area contributed by atoms with Crippen molar-refractivity contribution >= 4 is 11.6 Å². The summed E-state index contributed by atoms with van der Waals surface area (Å²) in [5, 5.41) is 0. The fraction of sp³-hybridized carbons (Fsp3) is 1.00. The molecular formula is C8H15ClO3. The van der Waals surface area contributed by atoms with E-state index in [0.29, 0.717) is 19.1 Å². The summed E-state index contributed by atoms with van der Waals surface area (Å²) in [6.45, 7) is 3.05. The summed E-state index contributed by atoms with van der Waals surface area (Å²) in [6, 6.07) is 0. The van der Waals surface area contributed by atoms with Crippen molar-refractivity contribution in [3.63, 3.8) is 0 Å². The predicted molar refractivity (Wildman–Crippen MR) is 46.4 cm³/mol. The third-order valence-electron chi connectivity index (χ3n) is 1.99. The van der Waals surface area contributed by atoms with Crippen molar-refractivity contribution in [3.05, 3.63) is 0 Å². The molecule has 1 aliphatic heterocycles. The van der Waals surface area contributed by atoms with Gasteiger partial charge in [0, 0.05) is 13.5 Å². The van der Waals surface area contributed by atoms with Crippen molar-refractivity contribution in [2.24, 2.45) is 0 Å². The summed E-state index contributed by atoms with van der Waals surface area (Å²) < 4.78 is 16.1. The normalized spacial score (nSPS) is 35.8. The van der Waals surface area contributed by atoms with Crippen LogP contribution >= 0.6 is 11.6 Å². The van der Waals surface area contributed by atoms with Gasteiger partial charge >= 0.3 is 0 Å². The Bertz CT molecular complexity index is 142. The Morgan fingerprint density at radius 2 is 2.42 bits per heavy atom. The van der Waals surface area contributed by atoms with Crippen LogP contribution in [0.5, 0.6) is 0 Å². The van der Waals surface area contributed by atoms with Crippen LogP contribution in [0.3, 0.4) is 0 Å². The second-order valence-electron chi connectivity index (χ2n) is 2.90. The lowest BCUT2D eigenvalue weighted by Crippen LogP contribution is -2.35. The van der Waals surface area contributed by atoms with Crippen LogP contribution in [0.2, 0.25) is 0 Å². The van der Waals surface area contributed by atoms with E-state index in [-0.39, 0.29) is 6.10 Å². The quantitative estimate of drug-likeness (QED) is 0.634. The van der Waals surface area contributed by atoms with Gasteiger partial charge in [-0.3, -0.25) is 0 Å². The van der Waals surface area contributed by atoms with Crippen LogP contribution in [0.4, 0.5) is 0 Å². The summed E-state index contributed by atoms with van der Waals surface area (Å²) in [5.74, 6) is -0.0697. The maximum absolute atomic E-state index is 5.65. The molecular weight excluding hydrogens is 180 g/mol. The van der Waals surface area contributed by atoms with Crippen molar-refractivity contribution < 1.29 is 14.2 Å². The van der Waals surface area contributed by atoms with Gasteiger partial charge in [0.25, 0.3) is 0 Å². The SMILES string of the molecule is CCC1(COC)OCC(CCl)O1. The van der Waals surface area contributed by atoms with Gasteiger partial charge in [-0.1, -0.05) is 6.92 Å². The van der Waals surface area contributed by atoms with Crippen molar-refractivity contribution in [1.82, 2.24) is 0 Å². The molecule has 2 atom stereocenters. The van der Waals surface area contributed by atoms with Crippen molar-refractivity contribution in [2.45, 2.75) is 25.2 Å². The highest BCUT2D eigenvalue weighted by atomic mass is 35.5. The average Bonchev–Trinajstić information content (AvgIpc) is 2.50. The largest absolute Gasteiger partial charge is 0.379 e. The van der Waals surface area contributed by atoms with E-state index in [2.05, 4.69) is 0 Å². The molecule has 1 fully saturated rings. The van der Waals surface area contributed by atoms with Gasteiger partial charge in [0.05, 0.1) is 18.6 Å². The number of rotatable bonds is 4. The first kappa shape index (κ1) is 10.3. The molecule has 1 heterocycles. The first-order valence-corrected chi connectivity index (χ1v) is 4.66. The molecule has 3 nitrogen and oxygen atoms in total. The monoisotopic (exact) mass is 194 g/mol. The highest BCUT2D eigenvalue weighted by Gasteiger charge is 2.39. The first-order valence-electron chi connectivity index (χ1n) is 4.13. The predicted octanol–water partition coefficient (Wildman–Crippen LogP) is 1.39. The fourth-order valence-electron chi connectivity index (χ4n) is 1.28. The number of alkyl halides is 1. The zero-order chi connectivity index (χ0) is 9.03. The van der Waals surface area contributed by atoms with E-state index in [4.69, 9.17) is 25.8 Å². The summed E-state index contributed by atoms with van der Waals surface area (Å²) in [4.78, 5) is 0. The summed E-state index contributed by atoms with van der Waals surface area (Å²) >= 11 is 5.65. The van der Waals surface area contributed by atoms with E-state index in [0.717, 1.165) is 6.42 Å². The fourth-order valence-corrected chi connectivity index (χ4v) is 1.43. The topological polar surface area (TPSA) is 27.7 Å². The molecule has 2 unspecified atom stereocenters. The van der Waals surface area contributed by atoms with Gasteiger partial charge in [-0.25, -0.2) is 0 Å². The molecule has 0 aromatic carbocycles. The molecule has 12 heavy (non-hydrogen) atoms. The molecule has 1 aliphatic rings. The minimum Gasteiger partial charge on any atom is -0.379 e. The second kappa shape index (κ2) is 4.42. The molecule has 0 amide bonds. The Morgan fingerprint density at radius 1 is 1.67 bits per heavy atom. The van der Waals surface area contributed by atoms with Crippen molar-refractivity contribution in [3.8, 4) is 0 Å². The zero-order valence-electron chi connectivity index (χ0n) is 7.51. The van der Waals surface area contributed by atoms with E-state index < -0.39 is 5.79 Å². The zero-order valence-corrected chi connectivity index (χ0v) is 8.26. The Morgan fingerprint density at radius 3 is 2.83 bits per heavy atom. The first-order chi connectivity index (χ1) is 5.76. The van der Waals surface area contributed by atoms with Gasteiger partial charge in [-0.05, 0) is 0 Å². The van der Waals surface area contributed by atoms with Crippen LogP contribution < -0.4 is 0 Å². The Hall–Kier alpha value is 0.170. The summed E-state index contributed by atoms with van der Waals surface area (Å²) in [5.41, 5.74) is 0. The highest BCUT2D eigenvalue weighted by Crippen LogP contribution is 2.27. The van der Waals surface area contributed by atoms with Gasteiger partial charge < -0.3 is 14.2 Å². The van der Waals surface area contributed by atoms with E-state index >= 15 is 0 Å². The molecule has 0 saturated carbocycles. The average molecular weight is 195 g/mol. The van der Waals surface area contributed by atoms with Gasteiger partial charge in [-0.2, -0.15) is 0 Å². The smallest absolute Gasteiger partial charge is 0.192 e. The molecule has 72 valence electrons. The Labute approximate surface area is 77.9 Å². The molecule has 0 radical (unpaired) electrons. The van der Waals surface area contributed by atoms with Crippen LogP contribution in [0.1, 0.15) is 13.3 Å². The molecule has 0 bridgehead atoms. The lowest BCUT2D eigenvalue weighted by atomic mass is 10.2. The summed E-state index contributed by atoms with van der Waals surface area (Å²) in [7, 11) is 1.64. The lowest BCUT2D eigenvalue weighted by molar-refractivity contribution is -0.197. The second-order valence-corrected chi connectivity index (χ2v) is 3.21. The molecule has 1 saturated heterocycles. The molecule has 1 rings (SSSR count). The number of methoxy groups -OCH3 is 1. The lowest BCUT2D eigenvalue weighted by Gasteiger charge is -2.25. The molecule has 0 aliphatic carbocycles. The van der Waals surface area contributed by atoms with Gasteiger partial charge in [0.15, 0.2) is 5.79 Å². The van der Waals surface area contributed by atoms with Gasteiger partial charge in [-0.15, -0.1) is 11.6 Å².